The van der Waals surface area contributed by atoms with Crippen LogP contribution in [-0.2, 0) is 0 Å². The number of aryl methyl sites for hydroxylation is 1. The second-order valence-electron chi connectivity index (χ2n) is 5.90. The van der Waals surface area contributed by atoms with Crippen molar-refractivity contribution in [2.24, 2.45) is 0 Å². The number of aliphatic hydroxyl groups is 1. The maximum atomic E-state index is 13.9. The zero-order valence-electron chi connectivity index (χ0n) is 12.0. The van der Waals surface area contributed by atoms with Crippen LogP contribution < -0.4 is 4.90 Å². The Morgan fingerprint density at radius 3 is 2.47 bits per heavy atom. The van der Waals surface area contributed by atoms with Crippen molar-refractivity contribution in [1.29, 1.82) is 0 Å². The van der Waals surface area contributed by atoms with E-state index in [2.05, 4.69) is 0 Å². The minimum absolute atomic E-state index is 0.168. The first-order valence-electron chi connectivity index (χ1n) is 6.78. The van der Waals surface area contributed by atoms with Gasteiger partial charge in [0.1, 0.15) is 5.82 Å². The third-order valence-electron chi connectivity index (χ3n) is 3.75. The number of rotatable bonds is 3. The van der Waals surface area contributed by atoms with E-state index in [-0.39, 0.29) is 5.82 Å². The molecule has 1 saturated heterocycles. The van der Waals surface area contributed by atoms with Crippen molar-refractivity contribution >= 4 is 5.69 Å². The highest BCUT2D eigenvalue weighted by atomic mass is 19.1. The SMILES string of the molecule is Cc1ccc(N2CCC(O)(CN(C)C)CC2)c(F)c1. The van der Waals surface area contributed by atoms with Gasteiger partial charge in [-0.2, -0.15) is 0 Å². The number of hydrogen-bond donors (Lipinski definition) is 1. The number of anilines is 1. The van der Waals surface area contributed by atoms with Gasteiger partial charge in [0, 0.05) is 19.6 Å². The molecule has 3 nitrogen and oxygen atoms in total. The van der Waals surface area contributed by atoms with Crippen LogP contribution in [0.5, 0.6) is 0 Å². The number of benzene rings is 1. The number of likely N-dealkylation sites (N-methyl/N-ethyl adjacent to an activating group) is 1. The van der Waals surface area contributed by atoms with Gasteiger partial charge in [0.05, 0.1) is 11.3 Å². The molecule has 0 radical (unpaired) electrons. The van der Waals surface area contributed by atoms with Gasteiger partial charge in [0.2, 0.25) is 0 Å². The summed E-state index contributed by atoms with van der Waals surface area (Å²) in [6.45, 7) is 3.95. The topological polar surface area (TPSA) is 26.7 Å². The molecule has 0 aliphatic carbocycles. The highest BCUT2D eigenvalue weighted by Gasteiger charge is 2.33. The molecule has 2 rings (SSSR count). The van der Waals surface area contributed by atoms with Crippen LogP contribution in [0.1, 0.15) is 18.4 Å². The van der Waals surface area contributed by atoms with Crippen molar-refractivity contribution in [3.05, 3.63) is 29.6 Å². The number of hydrogen-bond acceptors (Lipinski definition) is 3. The average molecular weight is 266 g/mol. The fourth-order valence-corrected chi connectivity index (χ4v) is 2.78. The van der Waals surface area contributed by atoms with Crippen LogP contribution >= 0.6 is 0 Å². The fourth-order valence-electron chi connectivity index (χ4n) is 2.78. The molecule has 19 heavy (non-hydrogen) atoms. The Hall–Kier alpha value is -1.13. The van der Waals surface area contributed by atoms with Crippen LogP contribution in [0.15, 0.2) is 18.2 Å². The number of piperidine rings is 1. The number of halogens is 1. The summed E-state index contributed by atoms with van der Waals surface area (Å²) in [6, 6.07) is 5.33. The Labute approximate surface area is 114 Å². The zero-order chi connectivity index (χ0) is 14.0. The van der Waals surface area contributed by atoms with Crippen molar-refractivity contribution in [3.63, 3.8) is 0 Å². The Balaban J connectivity index is 2.03. The van der Waals surface area contributed by atoms with Gasteiger partial charge in [-0.05, 0) is 51.6 Å². The summed E-state index contributed by atoms with van der Waals surface area (Å²) in [7, 11) is 3.92. The zero-order valence-corrected chi connectivity index (χ0v) is 12.0. The van der Waals surface area contributed by atoms with Crippen LogP contribution in [-0.4, -0.2) is 49.3 Å². The average Bonchev–Trinajstić information content (AvgIpc) is 2.29. The Morgan fingerprint density at radius 1 is 1.32 bits per heavy atom. The van der Waals surface area contributed by atoms with Gasteiger partial charge in [-0.25, -0.2) is 4.39 Å². The van der Waals surface area contributed by atoms with Crippen molar-refractivity contribution in [1.82, 2.24) is 4.90 Å². The molecule has 1 fully saturated rings. The molecule has 0 atom stereocenters. The normalized spacial score (nSPS) is 18.9. The molecule has 1 N–H and O–H groups in total. The van der Waals surface area contributed by atoms with E-state index in [0.717, 1.165) is 5.56 Å². The maximum absolute atomic E-state index is 13.9. The smallest absolute Gasteiger partial charge is 0.146 e. The molecule has 4 heteroatoms. The maximum Gasteiger partial charge on any atom is 0.146 e. The van der Waals surface area contributed by atoms with Gasteiger partial charge in [-0.15, -0.1) is 0 Å². The Kier molecular flexibility index (Phi) is 4.11. The highest BCUT2D eigenvalue weighted by molar-refractivity contribution is 5.49. The van der Waals surface area contributed by atoms with Crippen molar-refractivity contribution in [2.75, 3.05) is 38.6 Å². The minimum atomic E-state index is -0.638. The lowest BCUT2D eigenvalue weighted by molar-refractivity contribution is -0.00546. The second kappa shape index (κ2) is 5.47. The molecule has 0 saturated carbocycles. The third-order valence-corrected chi connectivity index (χ3v) is 3.75. The van der Waals surface area contributed by atoms with Gasteiger partial charge in [-0.3, -0.25) is 0 Å². The molecule has 1 aromatic carbocycles. The highest BCUT2D eigenvalue weighted by Crippen LogP contribution is 2.28. The molecule has 0 amide bonds. The molecule has 1 aromatic rings. The van der Waals surface area contributed by atoms with Gasteiger partial charge >= 0.3 is 0 Å². The van der Waals surface area contributed by atoms with E-state index in [1.54, 1.807) is 6.07 Å². The summed E-state index contributed by atoms with van der Waals surface area (Å²) in [4.78, 5) is 4.03. The summed E-state index contributed by atoms with van der Waals surface area (Å²) in [6.07, 6.45) is 1.36. The van der Waals surface area contributed by atoms with Crippen LogP contribution in [0.25, 0.3) is 0 Å². The predicted octanol–water partition coefficient (Wildman–Crippen LogP) is 2.03. The van der Waals surface area contributed by atoms with Crippen LogP contribution in [0, 0.1) is 12.7 Å². The van der Waals surface area contributed by atoms with E-state index in [0.29, 0.717) is 38.2 Å². The predicted molar refractivity (Wildman–Crippen MR) is 76.1 cm³/mol. The molecule has 0 spiro atoms. The molecule has 1 aliphatic rings. The van der Waals surface area contributed by atoms with Gasteiger partial charge in [-0.1, -0.05) is 6.07 Å². The molecule has 1 heterocycles. The van der Waals surface area contributed by atoms with Gasteiger partial charge in [0.25, 0.3) is 0 Å². The first-order valence-corrected chi connectivity index (χ1v) is 6.78. The van der Waals surface area contributed by atoms with E-state index in [9.17, 15) is 9.50 Å². The number of nitrogens with zero attached hydrogens (tertiary/aromatic N) is 2. The largest absolute Gasteiger partial charge is 0.388 e. The molecular formula is C15H23FN2O. The first-order chi connectivity index (χ1) is 8.89. The Bertz CT molecular complexity index is 440. The van der Waals surface area contributed by atoms with Crippen LogP contribution in [0.3, 0.4) is 0 Å². The van der Waals surface area contributed by atoms with E-state index < -0.39 is 5.60 Å². The van der Waals surface area contributed by atoms with Gasteiger partial charge in [0.15, 0.2) is 0 Å². The second-order valence-corrected chi connectivity index (χ2v) is 5.90. The minimum Gasteiger partial charge on any atom is -0.388 e. The quantitative estimate of drug-likeness (QED) is 0.907. The summed E-state index contributed by atoms with van der Waals surface area (Å²) >= 11 is 0. The molecule has 1 aliphatic heterocycles. The third kappa shape index (κ3) is 3.45. The van der Waals surface area contributed by atoms with Crippen LogP contribution in [0.2, 0.25) is 0 Å². The van der Waals surface area contributed by atoms with E-state index in [1.807, 2.05) is 43.0 Å². The molecule has 106 valence electrons. The Morgan fingerprint density at radius 2 is 1.95 bits per heavy atom. The van der Waals surface area contributed by atoms with E-state index in [4.69, 9.17) is 0 Å². The molecule has 0 bridgehead atoms. The first kappa shape index (κ1) is 14.3. The lowest BCUT2D eigenvalue weighted by Gasteiger charge is -2.40. The van der Waals surface area contributed by atoms with Crippen LogP contribution in [0.4, 0.5) is 10.1 Å². The van der Waals surface area contributed by atoms with Crippen molar-refractivity contribution in [2.45, 2.75) is 25.4 Å². The lowest BCUT2D eigenvalue weighted by Crippen LogP contribution is -2.49. The van der Waals surface area contributed by atoms with Crippen molar-refractivity contribution in [3.8, 4) is 0 Å². The molecule has 0 unspecified atom stereocenters. The van der Waals surface area contributed by atoms with E-state index in [1.165, 1.54) is 0 Å². The summed E-state index contributed by atoms with van der Waals surface area (Å²) < 4.78 is 13.9. The van der Waals surface area contributed by atoms with E-state index >= 15 is 0 Å². The summed E-state index contributed by atoms with van der Waals surface area (Å²) in [5.41, 5.74) is 0.945. The molecule has 0 aromatic heterocycles. The lowest BCUT2D eigenvalue weighted by atomic mass is 9.90. The van der Waals surface area contributed by atoms with Crippen molar-refractivity contribution < 1.29 is 9.50 Å². The monoisotopic (exact) mass is 266 g/mol. The standard InChI is InChI=1S/C15H23FN2O/c1-12-4-5-14(13(16)10-12)18-8-6-15(19,7-9-18)11-17(2)3/h4-5,10,19H,6-9,11H2,1-3H3. The molecular weight excluding hydrogens is 243 g/mol. The van der Waals surface area contributed by atoms with Gasteiger partial charge < -0.3 is 14.9 Å². The summed E-state index contributed by atoms with van der Waals surface area (Å²) in [5.74, 6) is -0.168. The fraction of sp³-hybridized carbons (Fsp3) is 0.600. The summed E-state index contributed by atoms with van der Waals surface area (Å²) in [5, 5.41) is 10.5.